The van der Waals surface area contributed by atoms with E-state index in [1.54, 1.807) is 25.1 Å². The monoisotopic (exact) mass is 266 g/mol. The summed E-state index contributed by atoms with van der Waals surface area (Å²) in [6.45, 7) is 1.66. The molecule has 0 heterocycles. The summed E-state index contributed by atoms with van der Waals surface area (Å²) in [5.41, 5.74) is 0.714. The summed E-state index contributed by atoms with van der Waals surface area (Å²) in [4.78, 5) is 0. The first-order valence-electron chi connectivity index (χ1n) is 5.47. The summed E-state index contributed by atoms with van der Waals surface area (Å²) in [6, 6.07) is 10.7. The molecule has 0 saturated carbocycles. The molecule has 0 aliphatic carbocycles. The van der Waals surface area contributed by atoms with E-state index in [2.05, 4.69) is 0 Å². The van der Waals surface area contributed by atoms with E-state index in [4.69, 9.17) is 16.3 Å². The van der Waals surface area contributed by atoms with E-state index in [1.807, 2.05) is 0 Å². The molecule has 2 aromatic carbocycles. The molecule has 0 spiro atoms. The maximum Gasteiger partial charge on any atom is 0.146 e. The van der Waals surface area contributed by atoms with Crippen molar-refractivity contribution in [2.75, 3.05) is 0 Å². The Morgan fingerprint density at radius 3 is 2.39 bits per heavy atom. The Kier molecular flexibility index (Phi) is 3.84. The normalized spacial score (nSPS) is 12.2. The molecule has 0 unspecified atom stereocenters. The molecule has 4 heteroatoms. The maximum absolute atomic E-state index is 12.7. The van der Waals surface area contributed by atoms with Gasteiger partial charge in [0.15, 0.2) is 0 Å². The van der Waals surface area contributed by atoms with Gasteiger partial charge in [0, 0.05) is 0 Å². The van der Waals surface area contributed by atoms with E-state index >= 15 is 0 Å². The molecule has 18 heavy (non-hydrogen) atoms. The van der Waals surface area contributed by atoms with Gasteiger partial charge in [0.2, 0.25) is 0 Å². The molecule has 94 valence electrons. The van der Waals surface area contributed by atoms with Gasteiger partial charge in [-0.25, -0.2) is 4.39 Å². The third-order valence-electron chi connectivity index (χ3n) is 2.48. The summed E-state index contributed by atoms with van der Waals surface area (Å²) in [7, 11) is 0. The lowest BCUT2D eigenvalue weighted by molar-refractivity contribution is 0.199. The zero-order valence-electron chi connectivity index (χ0n) is 9.73. The standard InChI is InChI=1S/C14H12ClFO2/c1-9(17)10-2-7-14(13(15)8-10)18-12-5-3-11(16)4-6-12/h2-9,17H,1H3/t9-/m0/s1. The van der Waals surface area contributed by atoms with E-state index in [0.29, 0.717) is 22.1 Å². The highest BCUT2D eigenvalue weighted by Crippen LogP contribution is 2.31. The summed E-state index contributed by atoms with van der Waals surface area (Å²) in [5.74, 6) is 0.647. The van der Waals surface area contributed by atoms with Crippen LogP contribution in [-0.4, -0.2) is 5.11 Å². The molecule has 0 fully saturated rings. The number of ether oxygens (including phenoxy) is 1. The van der Waals surface area contributed by atoms with Crippen molar-refractivity contribution < 1.29 is 14.2 Å². The minimum Gasteiger partial charge on any atom is -0.456 e. The highest BCUT2D eigenvalue weighted by atomic mass is 35.5. The van der Waals surface area contributed by atoms with Crippen molar-refractivity contribution >= 4 is 11.6 Å². The summed E-state index contributed by atoms with van der Waals surface area (Å²) in [5, 5.41) is 9.82. The van der Waals surface area contributed by atoms with Crippen molar-refractivity contribution in [1.82, 2.24) is 0 Å². The fourth-order valence-electron chi connectivity index (χ4n) is 1.49. The predicted octanol–water partition coefficient (Wildman–Crippen LogP) is 4.32. The van der Waals surface area contributed by atoms with Crippen LogP contribution in [0.3, 0.4) is 0 Å². The van der Waals surface area contributed by atoms with Crippen LogP contribution in [0.2, 0.25) is 5.02 Å². The Morgan fingerprint density at radius 1 is 1.17 bits per heavy atom. The molecule has 0 aromatic heterocycles. The number of hydrogen-bond acceptors (Lipinski definition) is 2. The highest BCUT2D eigenvalue weighted by Gasteiger charge is 2.07. The van der Waals surface area contributed by atoms with Crippen molar-refractivity contribution in [1.29, 1.82) is 0 Å². The predicted molar refractivity (Wildman–Crippen MR) is 68.6 cm³/mol. The van der Waals surface area contributed by atoms with Gasteiger partial charge in [-0.1, -0.05) is 17.7 Å². The van der Waals surface area contributed by atoms with Crippen LogP contribution in [0, 0.1) is 5.82 Å². The number of aliphatic hydroxyl groups excluding tert-OH is 1. The fourth-order valence-corrected chi connectivity index (χ4v) is 1.72. The Morgan fingerprint density at radius 2 is 1.83 bits per heavy atom. The molecular weight excluding hydrogens is 255 g/mol. The van der Waals surface area contributed by atoms with Gasteiger partial charge in [-0.2, -0.15) is 0 Å². The SMILES string of the molecule is C[C@H](O)c1ccc(Oc2ccc(F)cc2)c(Cl)c1. The van der Waals surface area contributed by atoms with Gasteiger partial charge >= 0.3 is 0 Å². The molecule has 0 saturated heterocycles. The van der Waals surface area contributed by atoms with E-state index in [-0.39, 0.29) is 5.82 Å². The molecule has 0 bridgehead atoms. The van der Waals surface area contributed by atoms with Crippen molar-refractivity contribution in [3.05, 3.63) is 58.9 Å². The van der Waals surface area contributed by atoms with Gasteiger partial charge in [0.1, 0.15) is 17.3 Å². The number of hydrogen-bond donors (Lipinski definition) is 1. The molecule has 2 aromatic rings. The van der Waals surface area contributed by atoms with Crippen LogP contribution in [0.15, 0.2) is 42.5 Å². The lowest BCUT2D eigenvalue weighted by atomic mass is 10.1. The van der Waals surface area contributed by atoms with E-state index in [9.17, 15) is 9.50 Å². The topological polar surface area (TPSA) is 29.5 Å². The average molecular weight is 267 g/mol. The Hall–Kier alpha value is -1.58. The molecule has 2 nitrogen and oxygen atoms in total. The Balaban J connectivity index is 2.22. The van der Waals surface area contributed by atoms with Gasteiger partial charge < -0.3 is 9.84 Å². The van der Waals surface area contributed by atoms with E-state index < -0.39 is 6.10 Å². The van der Waals surface area contributed by atoms with Crippen molar-refractivity contribution in [3.63, 3.8) is 0 Å². The molecule has 1 atom stereocenters. The smallest absolute Gasteiger partial charge is 0.146 e. The number of aliphatic hydroxyl groups is 1. The average Bonchev–Trinajstić information content (AvgIpc) is 2.34. The lowest BCUT2D eigenvalue weighted by Gasteiger charge is -2.10. The van der Waals surface area contributed by atoms with Gasteiger partial charge in [-0.15, -0.1) is 0 Å². The zero-order valence-corrected chi connectivity index (χ0v) is 10.5. The molecular formula is C14H12ClFO2. The third kappa shape index (κ3) is 3.00. The fraction of sp³-hybridized carbons (Fsp3) is 0.143. The number of halogens is 2. The molecule has 0 aliphatic heterocycles. The molecule has 0 radical (unpaired) electrons. The lowest BCUT2D eigenvalue weighted by Crippen LogP contribution is -1.92. The second-order valence-corrected chi connectivity index (χ2v) is 4.33. The second-order valence-electron chi connectivity index (χ2n) is 3.92. The largest absolute Gasteiger partial charge is 0.456 e. The molecule has 0 aliphatic rings. The van der Waals surface area contributed by atoms with Crippen LogP contribution in [0.5, 0.6) is 11.5 Å². The van der Waals surface area contributed by atoms with Gasteiger partial charge in [-0.3, -0.25) is 0 Å². The zero-order chi connectivity index (χ0) is 13.1. The van der Waals surface area contributed by atoms with Gasteiger partial charge in [-0.05, 0) is 48.9 Å². The van der Waals surface area contributed by atoms with Crippen LogP contribution in [0.4, 0.5) is 4.39 Å². The number of rotatable bonds is 3. The number of benzene rings is 2. The molecule has 2 rings (SSSR count). The van der Waals surface area contributed by atoms with Crippen LogP contribution >= 0.6 is 11.6 Å². The summed E-state index contributed by atoms with van der Waals surface area (Å²) < 4.78 is 18.3. The Bertz CT molecular complexity index is 538. The molecule has 0 amide bonds. The molecule has 1 N–H and O–H groups in total. The van der Waals surface area contributed by atoms with Crippen LogP contribution in [0.1, 0.15) is 18.6 Å². The summed E-state index contributed by atoms with van der Waals surface area (Å²) >= 11 is 6.04. The minimum absolute atomic E-state index is 0.321. The van der Waals surface area contributed by atoms with Gasteiger partial charge in [0.25, 0.3) is 0 Å². The highest BCUT2D eigenvalue weighted by molar-refractivity contribution is 6.32. The van der Waals surface area contributed by atoms with Crippen molar-refractivity contribution in [3.8, 4) is 11.5 Å². The second kappa shape index (κ2) is 5.38. The van der Waals surface area contributed by atoms with E-state index in [0.717, 1.165) is 0 Å². The third-order valence-corrected chi connectivity index (χ3v) is 2.78. The quantitative estimate of drug-likeness (QED) is 0.896. The summed E-state index contributed by atoms with van der Waals surface area (Å²) in [6.07, 6.45) is -0.581. The Labute approximate surface area is 110 Å². The van der Waals surface area contributed by atoms with Crippen LogP contribution < -0.4 is 4.74 Å². The first kappa shape index (κ1) is 12.9. The first-order chi connectivity index (χ1) is 8.56. The van der Waals surface area contributed by atoms with Gasteiger partial charge in [0.05, 0.1) is 11.1 Å². The maximum atomic E-state index is 12.7. The first-order valence-corrected chi connectivity index (χ1v) is 5.85. The van der Waals surface area contributed by atoms with E-state index in [1.165, 1.54) is 24.3 Å². The minimum atomic E-state index is -0.581. The van der Waals surface area contributed by atoms with Crippen LogP contribution in [0.25, 0.3) is 0 Å². The van der Waals surface area contributed by atoms with Crippen LogP contribution in [-0.2, 0) is 0 Å². The van der Waals surface area contributed by atoms with Crippen molar-refractivity contribution in [2.45, 2.75) is 13.0 Å². The van der Waals surface area contributed by atoms with Crippen molar-refractivity contribution in [2.24, 2.45) is 0 Å².